The zero-order valence-corrected chi connectivity index (χ0v) is 23.7. The number of alkyl halides is 3. The molecule has 1 aliphatic rings. The van der Waals surface area contributed by atoms with Gasteiger partial charge in [0.05, 0.1) is 17.5 Å². The van der Waals surface area contributed by atoms with E-state index in [9.17, 15) is 18.0 Å². The van der Waals surface area contributed by atoms with E-state index in [1.807, 2.05) is 34.9 Å². The van der Waals surface area contributed by atoms with Crippen LogP contribution in [-0.2, 0) is 29.0 Å². The minimum absolute atomic E-state index is 0.0447. The molecule has 4 rings (SSSR count). The Labute approximate surface area is 228 Å². The number of amides is 1. The molecule has 1 aliphatic heterocycles. The molecular formula is C29H36F3N3O3Si. The Bertz CT molecular complexity index is 1230. The quantitative estimate of drug-likeness (QED) is 0.203. The predicted octanol–water partition coefficient (Wildman–Crippen LogP) is 7.40. The van der Waals surface area contributed by atoms with Crippen molar-refractivity contribution in [3.8, 4) is 11.3 Å². The van der Waals surface area contributed by atoms with Crippen LogP contribution in [0.4, 0.5) is 18.0 Å². The van der Waals surface area contributed by atoms with Crippen LogP contribution in [0.25, 0.3) is 11.3 Å². The van der Waals surface area contributed by atoms with Crippen LogP contribution in [0.2, 0.25) is 25.7 Å². The molecule has 1 amide bonds. The van der Waals surface area contributed by atoms with Crippen molar-refractivity contribution in [3.05, 3.63) is 77.7 Å². The number of hydrogen-bond acceptors (Lipinski definition) is 4. The number of hydrogen-bond donors (Lipinski definition) is 0. The summed E-state index contributed by atoms with van der Waals surface area (Å²) in [5.41, 5.74) is 1.27. The maximum absolute atomic E-state index is 13.4. The lowest BCUT2D eigenvalue weighted by Gasteiger charge is -2.31. The normalized spacial score (nSPS) is 15.0. The van der Waals surface area contributed by atoms with Gasteiger partial charge in [-0.2, -0.15) is 13.2 Å². The fourth-order valence-electron chi connectivity index (χ4n) is 4.60. The molecule has 210 valence electrons. The standard InChI is InChI=1S/C29H36F3N3O3Si/c1-39(2,3)17-16-37-21-35-26(24-10-7-11-25(18-24)29(30,31)32)19-33-27(35)23-12-14-34(15-13-23)28(36)38-20-22-8-5-4-6-9-22/h4-11,18-19,23H,12-17,20-21H2,1-3H3. The van der Waals surface area contributed by atoms with E-state index in [1.165, 1.54) is 6.07 Å². The minimum atomic E-state index is -4.43. The molecule has 0 bridgehead atoms. The lowest BCUT2D eigenvalue weighted by molar-refractivity contribution is -0.137. The fraction of sp³-hybridized carbons (Fsp3) is 0.448. The van der Waals surface area contributed by atoms with E-state index in [2.05, 4.69) is 24.6 Å². The van der Waals surface area contributed by atoms with Crippen LogP contribution in [0, 0.1) is 0 Å². The van der Waals surface area contributed by atoms with E-state index >= 15 is 0 Å². The number of piperidine rings is 1. The second kappa shape index (κ2) is 12.4. The molecule has 0 atom stereocenters. The summed E-state index contributed by atoms with van der Waals surface area (Å²) in [7, 11) is -1.30. The number of likely N-dealkylation sites (tertiary alicyclic amines) is 1. The van der Waals surface area contributed by atoms with Crippen molar-refractivity contribution in [3.63, 3.8) is 0 Å². The smallest absolute Gasteiger partial charge is 0.416 e. The van der Waals surface area contributed by atoms with Crippen LogP contribution in [0.5, 0.6) is 0 Å². The van der Waals surface area contributed by atoms with E-state index < -0.39 is 19.8 Å². The molecule has 0 spiro atoms. The molecule has 1 saturated heterocycles. The SMILES string of the molecule is C[Si](C)(C)CCOCn1c(-c2cccc(C(F)(F)F)c2)cnc1C1CCN(C(=O)OCc2ccccc2)CC1. The van der Waals surface area contributed by atoms with Crippen LogP contribution in [-0.4, -0.2) is 48.3 Å². The molecule has 0 N–H and O–H groups in total. The monoisotopic (exact) mass is 559 g/mol. The number of rotatable bonds is 9. The number of carbonyl (C=O) groups is 1. The van der Waals surface area contributed by atoms with Gasteiger partial charge in [0.2, 0.25) is 0 Å². The second-order valence-corrected chi connectivity index (χ2v) is 16.8. The Hall–Kier alpha value is -3.11. The summed E-state index contributed by atoms with van der Waals surface area (Å²) in [6, 6.07) is 15.8. The number of aromatic nitrogens is 2. The molecule has 0 aliphatic carbocycles. The van der Waals surface area contributed by atoms with Crippen LogP contribution >= 0.6 is 0 Å². The fourth-order valence-corrected chi connectivity index (χ4v) is 5.36. The first kappa shape index (κ1) is 28.9. The van der Waals surface area contributed by atoms with Crippen molar-refractivity contribution in [2.45, 2.75) is 64.0 Å². The second-order valence-electron chi connectivity index (χ2n) is 11.2. The highest BCUT2D eigenvalue weighted by molar-refractivity contribution is 6.76. The number of carbonyl (C=O) groups excluding carboxylic acids is 1. The summed E-state index contributed by atoms with van der Waals surface area (Å²) in [5, 5.41) is 0. The lowest BCUT2D eigenvalue weighted by Crippen LogP contribution is -2.38. The predicted molar refractivity (Wildman–Crippen MR) is 147 cm³/mol. The molecule has 10 heteroatoms. The van der Waals surface area contributed by atoms with Crippen molar-refractivity contribution in [2.75, 3.05) is 19.7 Å². The third-order valence-electron chi connectivity index (χ3n) is 6.91. The molecule has 3 aromatic rings. The van der Waals surface area contributed by atoms with Crippen molar-refractivity contribution in [2.24, 2.45) is 0 Å². The van der Waals surface area contributed by atoms with Gasteiger partial charge >= 0.3 is 12.3 Å². The average molecular weight is 560 g/mol. The largest absolute Gasteiger partial charge is 0.445 e. The van der Waals surface area contributed by atoms with E-state index in [4.69, 9.17) is 9.47 Å². The highest BCUT2D eigenvalue weighted by Crippen LogP contribution is 2.35. The maximum Gasteiger partial charge on any atom is 0.416 e. The van der Waals surface area contributed by atoms with Crippen molar-refractivity contribution >= 4 is 14.2 Å². The Balaban J connectivity index is 1.47. The summed E-state index contributed by atoms with van der Waals surface area (Å²) in [6.07, 6.45) is -1.80. The zero-order chi connectivity index (χ0) is 28.0. The molecule has 1 aromatic heterocycles. The Kier molecular flexibility index (Phi) is 9.17. The number of nitrogens with zero attached hydrogens (tertiary/aromatic N) is 3. The van der Waals surface area contributed by atoms with Gasteiger partial charge in [0.1, 0.15) is 19.2 Å². The first-order valence-corrected chi connectivity index (χ1v) is 17.0. The molecular weight excluding hydrogens is 523 g/mol. The van der Waals surface area contributed by atoms with E-state index in [-0.39, 0.29) is 25.3 Å². The summed E-state index contributed by atoms with van der Waals surface area (Å²) in [6.45, 7) is 8.86. The van der Waals surface area contributed by atoms with E-state index in [0.717, 1.165) is 29.6 Å². The highest BCUT2D eigenvalue weighted by Gasteiger charge is 2.32. The molecule has 39 heavy (non-hydrogen) atoms. The van der Waals surface area contributed by atoms with Gasteiger partial charge in [-0.3, -0.25) is 0 Å². The molecule has 6 nitrogen and oxygen atoms in total. The first-order chi connectivity index (χ1) is 18.5. The van der Waals surface area contributed by atoms with Gasteiger partial charge < -0.3 is 18.9 Å². The van der Waals surface area contributed by atoms with Crippen LogP contribution in [0.15, 0.2) is 60.8 Å². The zero-order valence-electron chi connectivity index (χ0n) is 22.7. The molecule has 1 fully saturated rings. The van der Waals surface area contributed by atoms with Crippen molar-refractivity contribution in [1.82, 2.24) is 14.5 Å². The van der Waals surface area contributed by atoms with Crippen LogP contribution in [0.3, 0.4) is 0 Å². The number of ether oxygens (including phenoxy) is 2. The van der Waals surface area contributed by atoms with E-state index in [0.29, 0.717) is 43.8 Å². The molecule has 0 unspecified atom stereocenters. The first-order valence-electron chi connectivity index (χ1n) is 13.3. The average Bonchev–Trinajstić information content (AvgIpc) is 3.33. The summed E-state index contributed by atoms with van der Waals surface area (Å²) in [4.78, 5) is 19.0. The Morgan fingerprint density at radius 2 is 1.77 bits per heavy atom. The van der Waals surface area contributed by atoms with Gasteiger partial charge in [0.25, 0.3) is 0 Å². The Morgan fingerprint density at radius 1 is 1.05 bits per heavy atom. The molecule has 2 aromatic carbocycles. The number of benzene rings is 2. The van der Waals surface area contributed by atoms with Crippen LogP contribution < -0.4 is 0 Å². The topological polar surface area (TPSA) is 56.6 Å². The third kappa shape index (κ3) is 7.95. The Morgan fingerprint density at radius 3 is 2.44 bits per heavy atom. The maximum atomic E-state index is 13.4. The lowest BCUT2D eigenvalue weighted by atomic mass is 9.96. The highest BCUT2D eigenvalue weighted by atomic mass is 28.3. The summed E-state index contributed by atoms with van der Waals surface area (Å²) < 4.78 is 53.6. The molecule has 0 saturated carbocycles. The summed E-state index contributed by atoms with van der Waals surface area (Å²) in [5.74, 6) is 0.816. The van der Waals surface area contributed by atoms with Crippen molar-refractivity contribution in [1.29, 1.82) is 0 Å². The third-order valence-corrected chi connectivity index (χ3v) is 8.62. The van der Waals surface area contributed by atoms with Gasteiger partial charge in [0.15, 0.2) is 0 Å². The van der Waals surface area contributed by atoms with Crippen LogP contribution in [0.1, 0.15) is 35.7 Å². The number of imidazole rings is 1. The minimum Gasteiger partial charge on any atom is -0.445 e. The van der Waals surface area contributed by atoms with Gasteiger partial charge in [-0.15, -0.1) is 0 Å². The molecule has 2 heterocycles. The van der Waals surface area contributed by atoms with Crippen molar-refractivity contribution < 1.29 is 27.4 Å². The van der Waals surface area contributed by atoms with E-state index in [1.54, 1.807) is 17.2 Å². The van der Waals surface area contributed by atoms with Gasteiger partial charge in [-0.1, -0.05) is 62.1 Å². The number of halogens is 3. The summed E-state index contributed by atoms with van der Waals surface area (Å²) >= 11 is 0. The molecule has 0 radical (unpaired) electrons. The van der Waals surface area contributed by atoms with Gasteiger partial charge in [-0.05, 0) is 36.6 Å². The van der Waals surface area contributed by atoms with Gasteiger partial charge in [-0.25, -0.2) is 9.78 Å². The van der Waals surface area contributed by atoms with Gasteiger partial charge in [0, 0.05) is 39.3 Å².